The minimum absolute atomic E-state index is 0.595. The van der Waals surface area contributed by atoms with E-state index in [1.807, 2.05) is 13.8 Å². The molecule has 0 aliphatic heterocycles. The Labute approximate surface area is 119 Å². The third-order valence-corrected chi connectivity index (χ3v) is 6.83. The lowest BCUT2D eigenvalue weighted by Gasteiger charge is -2.30. The third-order valence-electron chi connectivity index (χ3n) is 3.01. The molecule has 0 radical (unpaired) electrons. The first-order valence-corrected chi connectivity index (χ1v) is 9.39. The van der Waals surface area contributed by atoms with Gasteiger partial charge in [-0.3, -0.25) is 4.90 Å². The number of ether oxygens (including phenoxy) is 2. The van der Waals surface area contributed by atoms with Crippen LogP contribution < -0.4 is 0 Å². The van der Waals surface area contributed by atoms with Crippen molar-refractivity contribution in [2.24, 2.45) is 0 Å². The van der Waals surface area contributed by atoms with Gasteiger partial charge in [-0.2, -0.15) is 0 Å². The fourth-order valence-electron chi connectivity index (χ4n) is 2.20. The predicted molar refractivity (Wildman–Crippen MR) is 79.4 cm³/mol. The van der Waals surface area contributed by atoms with Gasteiger partial charge in [-0.15, -0.1) is 0 Å². The summed E-state index contributed by atoms with van der Waals surface area (Å²) in [4.78, 5) is 2.13. The van der Waals surface area contributed by atoms with E-state index in [0.717, 1.165) is 38.3 Å². The average Bonchev–Trinajstić information content (AvgIpc) is 2.39. The minimum Gasteiger partial charge on any atom is -0.394 e. The normalized spacial score (nSPS) is 12.3. The van der Waals surface area contributed by atoms with Crippen LogP contribution in [0.15, 0.2) is 0 Å². The van der Waals surface area contributed by atoms with Crippen LogP contribution in [0.4, 0.5) is 0 Å². The first kappa shape index (κ1) is 19.0. The van der Waals surface area contributed by atoms with Gasteiger partial charge in [0.25, 0.3) is 0 Å². The molecule has 0 N–H and O–H groups in total. The molecule has 0 bridgehead atoms. The van der Waals surface area contributed by atoms with Gasteiger partial charge in [-0.25, -0.2) is 0 Å². The van der Waals surface area contributed by atoms with Crippen molar-refractivity contribution in [3.63, 3.8) is 0 Å². The maximum Gasteiger partial charge on any atom is 0.337 e. The van der Waals surface area contributed by atoms with E-state index in [0.29, 0.717) is 13.5 Å². The molecule has 19 heavy (non-hydrogen) atoms. The summed E-state index contributed by atoms with van der Waals surface area (Å²) in [5.74, 6) is 0. The molecular formula is C13H31NO4Si. The first-order chi connectivity index (χ1) is 9.17. The molecule has 0 fully saturated rings. The summed E-state index contributed by atoms with van der Waals surface area (Å²) in [6.07, 6.45) is 1.05. The van der Waals surface area contributed by atoms with Crippen LogP contribution in [0, 0.1) is 0 Å². The van der Waals surface area contributed by atoms with Crippen molar-refractivity contribution < 1.29 is 18.3 Å². The Kier molecular flexibility index (Phi) is 11.8. The highest BCUT2D eigenvalue weighted by Gasteiger charge is 2.34. The summed E-state index contributed by atoms with van der Waals surface area (Å²) < 4.78 is 22.2. The van der Waals surface area contributed by atoms with Gasteiger partial charge < -0.3 is 18.3 Å². The lowest BCUT2D eigenvalue weighted by Crippen LogP contribution is -2.42. The molecule has 0 unspecified atom stereocenters. The summed E-state index contributed by atoms with van der Waals surface area (Å²) in [5, 5.41) is 0. The van der Waals surface area contributed by atoms with Crippen molar-refractivity contribution in [3.05, 3.63) is 0 Å². The van der Waals surface area contributed by atoms with Gasteiger partial charge in [0.2, 0.25) is 0 Å². The second-order valence-electron chi connectivity index (χ2n) is 4.46. The van der Waals surface area contributed by atoms with Crippen molar-refractivity contribution in [1.82, 2.24) is 4.90 Å². The molecule has 0 rings (SSSR count). The highest BCUT2D eigenvalue weighted by Crippen LogP contribution is 2.21. The van der Waals surface area contributed by atoms with Gasteiger partial charge in [-0.05, 0) is 32.4 Å². The summed E-state index contributed by atoms with van der Waals surface area (Å²) in [6.45, 7) is 9.85. The van der Waals surface area contributed by atoms with E-state index in [2.05, 4.69) is 11.8 Å². The number of rotatable bonds is 13. The van der Waals surface area contributed by atoms with Crippen LogP contribution in [0.2, 0.25) is 12.1 Å². The Morgan fingerprint density at radius 2 is 1.42 bits per heavy atom. The number of methoxy groups -OCH3 is 2. The highest BCUT2D eigenvalue weighted by atomic mass is 28.4. The zero-order valence-corrected chi connectivity index (χ0v) is 14.2. The number of hydrogen-bond acceptors (Lipinski definition) is 5. The van der Waals surface area contributed by atoms with E-state index in [9.17, 15) is 0 Å². The zero-order valence-electron chi connectivity index (χ0n) is 13.2. The molecule has 116 valence electrons. The Balaban J connectivity index is 4.21. The van der Waals surface area contributed by atoms with Crippen LogP contribution in [-0.2, 0) is 18.3 Å². The summed E-state index contributed by atoms with van der Waals surface area (Å²) in [6, 6.07) is 2.03. The molecule has 0 saturated heterocycles. The van der Waals surface area contributed by atoms with Crippen molar-refractivity contribution in [1.29, 1.82) is 0 Å². The molecule has 0 spiro atoms. The average molecular weight is 293 g/mol. The Morgan fingerprint density at radius 1 is 0.895 bits per heavy atom. The van der Waals surface area contributed by atoms with E-state index in [1.165, 1.54) is 0 Å². The molecule has 0 aliphatic rings. The summed E-state index contributed by atoms with van der Waals surface area (Å²) in [5.41, 5.74) is 0. The van der Waals surface area contributed by atoms with Crippen molar-refractivity contribution >= 4 is 8.56 Å². The second-order valence-corrected chi connectivity index (χ2v) is 8.07. The Bertz CT molecular complexity index is 195. The van der Waals surface area contributed by atoms with E-state index in [1.54, 1.807) is 14.2 Å². The van der Waals surface area contributed by atoms with Gasteiger partial charge in [0.05, 0.1) is 0 Å². The Hall–Kier alpha value is 0.0169. The molecule has 0 heterocycles. The largest absolute Gasteiger partial charge is 0.394 e. The van der Waals surface area contributed by atoms with Crippen LogP contribution in [-0.4, -0.2) is 60.9 Å². The number of hydrogen-bond donors (Lipinski definition) is 0. The molecule has 0 aromatic rings. The molecule has 0 amide bonds. The SMILES string of the molecule is CCO[Si](CC)(CCCN(COC)COC)OCC. The quantitative estimate of drug-likeness (QED) is 0.385. The van der Waals surface area contributed by atoms with Crippen LogP contribution >= 0.6 is 0 Å². The molecule has 5 nitrogen and oxygen atoms in total. The van der Waals surface area contributed by atoms with Crippen LogP contribution in [0.3, 0.4) is 0 Å². The summed E-state index contributed by atoms with van der Waals surface area (Å²) >= 11 is 0. The van der Waals surface area contributed by atoms with Crippen LogP contribution in [0.1, 0.15) is 27.2 Å². The van der Waals surface area contributed by atoms with Crippen molar-refractivity contribution in [2.45, 2.75) is 39.3 Å². The smallest absolute Gasteiger partial charge is 0.337 e. The van der Waals surface area contributed by atoms with Gasteiger partial charge >= 0.3 is 8.56 Å². The fourth-order valence-corrected chi connectivity index (χ4v) is 5.08. The maximum atomic E-state index is 5.96. The minimum atomic E-state index is -1.99. The van der Waals surface area contributed by atoms with Crippen molar-refractivity contribution in [2.75, 3.05) is 47.4 Å². The van der Waals surface area contributed by atoms with Crippen LogP contribution in [0.25, 0.3) is 0 Å². The molecule has 0 aromatic heterocycles. The Morgan fingerprint density at radius 3 is 1.79 bits per heavy atom. The van der Waals surface area contributed by atoms with Crippen LogP contribution in [0.5, 0.6) is 0 Å². The zero-order chi connectivity index (χ0) is 14.6. The first-order valence-electron chi connectivity index (χ1n) is 7.16. The molecular weight excluding hydrogens is 262 g/mol. The monoisotopic (exact) mass is 293 g/mol. The summed E-state index contributed by atoms with van der Waals surface area (Å²) in [7, 11) is 1.41. The van der Waals surface area contributed by atoms with Gasteiger partial charge in [-0.1, -0.05) is 6.92 Å². The van der Waals surface area contributed by atoms with Gasteiger partial charge in [0, 0.05) is 34.0 Å². The van der Waals surface area contributed by atoms with E-state index in [4.69, 9.17) is 18.3 Å². The van der Waals surface area contributed by atoms with Gasteiger partial charge in [0.15, 0.2) is 0 Å². The fraction of sp³-hybridized carbons (Fsp3) is 1.00. The molecule has 0 atom stereocenters. The molecule has 0 aromatic carbocycles. The van der Waals surface area contributed by atoms with E-state index >= 15 is 0 Å². The third kappa shape index (κ3) is 8.01. The topological polar surface area (TPSA) is 40.2 Å². The number of nitrogens with zero attached hydrogens (tertiary/aromatic N) is 1. The lowest BCUT2D eigenvalue weighted by molar-refractivity contribution is -0.0135. The molecule has 6 heteroatoms. The van der Waals surface area contributed by atoms with Gasteiger partial charge in [0.1, 0.15) is 13.5 Å². The maximum absolute atomic E-state index is 5.96. The van der Waals surface area contributed by atoms with Crippen molar-refractivity contribution in [3.8, 4) is 0 Å². The second kappa shape index (κ2) is 11.8. The predicted octanol–water partition coefficient (Wildman–Crippen LogP) is 2.42. The molecule has 0 saturated carbocycles. The molecule has 0 aliphatic carbocycles. The lowest BCUT2D eigenvalue weighted by atomic mass is 10.4. The van der Waals surface area contributed by atoms with E-state index in [-0.39, 0.29) is 0 Å². The standard InChI is InChI=1S/C13H31NO4Si/c1-6-17-19(8-3,18-7-2)11-9-10-14(12-15-4)13-16-5/h6-13H2,1-5H3. The highest BCUT2D eigenvalue weighted by molar-refractivity contribution is 6.67. The van der Waals surface area contributed by atoms with E-state index < -0.39 is 8.56 Å².